The van der Waals surface area contributed by atoms with Crippen LogP contribution in [0.1, 0.15) is 5.56 Å². The number of anilines is 1. The molecule has 0 spiro atoms. The molecule has 15 heavy (non-hydrogen) atoms. The zero-order valence-corrected chi connectivity index (χ0v) is 8.90. The first-order chi connectivity index (χ1) is 7.20. The van der Waals surface area contributed by atoms with E-state index in [2.05, 4.69) is 4.99 Å². The second kappa shape index (κ2) is 5.05. The van der Waals surface area contributed by atoms with Crippen LogP contribution < -0.4 is 16.2 Å². The molecule has 0 aliphatic rings. The molecule has 0 atom stereocenters. The van der Waals surface area contributed by atoms with Gasteiger partial charge in [-0.15, -0.1) is 0 Å². The standard InChI is InChI=1S/C11H15N3O/c1-14-7-6-9(12)8-4-3-5-10(13)11(8)15-2/h3-7H,12-13H2,1-2H3/b9-6-,14-7?. The largest absolute Gasteiger partial charge is 0.494 e. The second-order valence-electron chi connectivity index (χ2n) is 2.96. The lowest BCUT2D eigenvalue weighted by Gasteiger charge is -2.10. The predicted molar refractivity (Wildman–Crippen MR) is 64.0 cm³/mol. The molecule has 4 N–H and O–H groups in total. The molecule has 0 aliphatic heterocycles. The third kappa shape index (κ3) is 2.49. The zero-order valence-electron chi connectivity index (χ0n) is 8.90. The van der Waals surface area contributed by atoms with Crippen molar-refractivity contribution in [2.45, 2.75) is 0 Å². The maximum atomic E-state index is 5.86. The Morgan fingerprint density at radius 2 is 2.20 bits per heavy atom. The molecular weight excluding hydrogens is 190 g/mol. The minimum atomic E-state index is 0.569. The quantitative estimate of drug-likeness (QED) is 0.576. The summed E-state index contributed by atoms with van der Waals surface area (Å²) < 4.78 is 5.19. The highest BCUT2D eigenvalue weighted by Crippen LogP contribution is 2.28. The Morgan fingerprint density at radius 1 is 1.47 bits per heavy atom. The van der Waals surface area contributed by atoms with Crippen LogP contribution >= 0.6 is 0 Å². The van der Waals surface area contributed by atoms with Crippen molar-refractivity contribution in [2.24, 2.45) is 10.7 Å². The first-order valence-electron chi connectivity index (χ1n) is 4.51. The number of para-hydroxylation sites is 1. The number of aliphatic imine (C=N–C) groups is 1. The molecule has 0 heterocycles. The van der Waals surface area contributed by atoms with Gasteiger partial charge in [-0.25, -0.2) is 0 Å². The third-order valence-corrected chi connectivity index (χ3v) is 1.96. The summed E-state index contributed by atoms with van der Waals surface area (Å²) in [5, 5.41) is 0. The number of nitrogen functional groups attached to an aromatic ring is 1. The van der Waals surface area contributed by atoms with Crippen molar-refractivity contribution in [3.05, 3.63) is 29.8 Å². The lowest BCUT2D eigenvalue weighted by Crippen LogP contribution is -2.02. The van der Waals surface area contributed by atoms with E-state index in [0.717, 1.165) is 5.56 Å². The van der Waals surface area contributed by atoms with Crippen LogP contribution in [-0.2, 0) is 0 Å². The number of rotatable bonds is 3. The van der Waals surface area contributed by atoms with Gasteiger partial charge in [0, 0.05) is 24.5 Å². The SMILES string of the molecule is CN=C/C=C(\N)c1cccc(N)c1OC. The average Bonchev–Trinajstić information content (AvgIpc) is 2.25. The van der Waals surface area contributed by atoms with Crippen LogP contribution in [0.3, 0.4) is 0 Å². The fraction of sp³-hybridized carbons (Fsp3) is 0.182. The molecule has 0 fully saturated rings. The van der Waals surface area contributed by atoms with E-state index >= 15 is 0 Å². The number of methoxy groups -OCH3 is 1. The average molecular weight is 205 g/mol. The molecule has 1 aromatic carbocycles. The van der Waals surface area contributed by atoms with Crippen molar-refractivity contribution >= 4 is 17.6 Å². The minimum absolute atomic E-state index is 0.569. The fourth-order valence-electron chi connectivity index (χ4n) is 1.25. The highest BCUT2D eigenvalue weighted by molar-refractivity contribution is 5.86. The van der Waals surface area contributed by atoms with E-state index in [9.17, 15) is 0 Å². The maximum Gasteiger partial charge on any atom is 0.151 e. The van der Waals surface area contributed by atoms with Crippen molar-refractivity contribution in [3.63, 3.8) is 0 Å². The highest BCUT2D eigenvalue weighted by atomic mass is 16.5. The zero-order chi connectivity index (χ0) is 11.3. The van der Waals surface area contributed by atoms with Gasteiger partial charge in [0.25, 0.3) is 0 Å². The van der Waals surface area contributed by atoms with Gasteiger partial charge in [-0.2, -0.15) is 0 Å². The molecule has 0 aromatic heterocycles. The van der Waals surface area contributed by atoms with Crippen LogP contribution in [0.5, 0.6) is 5.75 Å². The normalized spacial score (nSPS) is 12.0. The monoisotopic (exact) mass is 205 g/mol. The molecule has 0 saturated carbocycles. The van der Waals surface area contributed by atoms with E-state index in [1.165, 1.54) is 0 Å². The molecule has 0 saturated heterocycles. The van der Waals surface area contributed by atoms with Crippen molar-refractivity contribution in [1.82, 2.24) is 0 Å². The number of nitrogens with two attached hydrogens (primary N) is 2. The number of nitrogens with zero attached hydrogens (tertiary/aromatic N) is 1. The lowest BCUT2D eigenvalue weighted by atomic mass is 10.1. The van der Waals surface area contributed by atoms with Gasteiger partial charge in [0.1, 0.15) is 0 Å². The van der Waals surface area contributed by atoms with E-state index in [1.807, 2.05) is 12.1 Å². The Kier molecular flexibility index (Phi) is 3.74. The molecule has 0 bridgehead atoms. The summed E-state index contributed by atoms with van der Waals surface area (Å²) in [5.74, 6) is 0.593. The van der Waals surface area contributed by atoms with E-state index in [0.29, 0.717) is 17.1 Å². The van der Waals surface area contributed by atoms with E-state index < -0.39 is 0 Å². The van der Waals surface area contributed by atoms with Gasteiger partial charge < -0.3 is 16.2 Å². The van der Waals surface area contributed by atoms with Gasteiger partial charge in [0.2, 0.25) is 0 Å². The Morgan fingerprint density at radius 3 is 2.80 bits per heavy atom. The lowest BCUT2D eigenvalue weighted by molar-refractivity contribution is 0.415. The first kappa shape index (κ1) is 11.1. The molecule has 4 nitrogen and oxygen atoms in total. The van der Waals surface area contributed by atoms with Gasteiger partial charge >= 0.3 is 0 Å². The molecule has 0 unspecified atom stereocenters. The number of hydrogen-bond donors (Lipinski definition) is 2. The van der Waals surface area contributed by atoms with Gasteiger partial charge in [0.15, 0.2) is 5.75 Å². The van der Waals surface area contributed by atoms with Crippen LogP contribution in [-0.4, -0.2) is 20.4 Å². The summed E-state index contributed by atoms with van der Waals surface area (Å²) in [7, 11) is 3.25. The van der Waals surface area contributed by atoms with E-state index in [-0.39, 0.29) is 0 Å². The van der Waals surface area contributed by atoms with Gasteiger partial charge in [0.05, 0.1) is 12.8 Å². The number of benzene rings is 1. The number of ether oxygens (including phenoxy) is 1. The summed E-state index contributed by atoms with van der Waals surface area (Å²) >= 11 is 0. The molecule has 1 rings (SSSR count). The predicted octanol–water partition coefficient (Wildman–Crippen LogP) is 1.28. The topological polar surface area (TPSA) is 73.6 Å². The van der Waals surface area contributed by atoms with Crippen LogP contribution in [0.25, 0.3) is 5.70 Å². The summed E-state index contributed by atoms with van der Waals surface area (Å²) in [5.41, 5.74) is 13.5. The van der Waals surface area contributed by atoms with Gasteiger partial charge in [-0.1, -0.05) is 6.07 Å². The third-order valence-electron chi connectivity index (χ3n) is 1.96. The summed E-state index contributed by atoms with van der Waals surface area (Å²) in [4.78, 5) is 3.83. The van der Waals surface area contributed by atoms with Crippen LogP contribution in [0.15, 0.2) is 29.3 Å². The smallest absolute Gasteiger partial charge is 0.151 e. The number of hydrogen-bond acceptors (Lipinski definition) is 4. The molecular formula is C11H15N3O. The van der Waals surface area contributed by atoms with Crippen LogP contribution in [0.4, 0.5) is 5.69 Å². The van der Waals surface area contributed by atoms with Gasteiger partial charge in [-0.3, -0.25) is 4.99 Å². The van der Waals surface area contributed by atoms with E-state index in [4.69, 9.17) is 16.2 Å². The van der Waals surface area contributed by atoms with Crippen molar-refractivity contribution in [2.75, 3.05) is 19.9 Å². The summed E-state index contributed by atoms with van der Waals surface area (Å²) in [6.07, 6.45) is 3.33. The minimum Gasteiger partial charge on any atom is -0.494 e. The van der Waals surface area contributed by atoms with Crippen molar-refractivity contribution in [3.8, 4) is 5.75 Å². The van der Waals surface area contributed by atoms with Crippen molar-refractivity contribution in [1.29, 1.82) is 0 Å². The van der Waals surface area contributed by atoms with Crippen molar-refractivity contribution < 1.29 is 4.74 Å². The van der Waals surface area contributed by atoms with Crippen LogP contribution in [0.2, 0.25) is 0 Å². The second-order valence-corrected chi connectivity index (χ2v) is 2.96. The van der Waals surface area contributed by atoms with E-state index in [1.54, 1.807) is 32.5 Å². The summed E-state index contributed by atoms with van der Waals surface area (Å²) in [6.45, 7) is 0. The number of allylic oxidation sites excluding steroid dienone is 1. The molecule has 0 radical (unpaired) electrons. The van der Waals surface area contributed by atoms with Crippen LogP contribution in [0, 0.1) is 0 Å². The first-order valence-corrected chi connectivity index (χ1v) is 4.51. The Hall–Kier alpha value is -1.97. The fourth-order valence-corrected chi connectivity index (χ4v) is 1.25. The van der Waals surface area contributed by atoms with Gasteiger partial charge in [-0.05, 0) is 18.2 Å². The Bertz CT molecular complexity index is 397. The molecule has 0 aliphatic carbocycles. The molecule has 4 heteroatoms. The highest BCUT2D eigenvalue weighted by Gasteiger charge is 2.07. The summed E-state index contributed by atoms with van der Waals surface area (Å²) in [6, 6.07) is 5.45. The maximum absolute atomic E-state index is 5.86. The molecule has 1 aromatic rings. The molecule has 80 valence electrons. The Labute approximate surface area is 89.3 Å². The molecule has 0 amide bonds. The Balaban J connectivity index is 3.19.